The number of hydrogen-bond acceptors (Lipinski definition) is 4. The molecule has 0 atom stereocenters. The maximum atomic E-state index is 12.7. The zero-order valence-corrected chi connectivity index (χ0v) is 16.4. The summed E-state index contributed by atoms with van der Waals surface area (Å²) in [5, 5.41) is 8.64. The molecule has 3 rings (SSSR count). The van der Waals surface area contributed by atoms with Crippen LogP contribution < -0.4 is 10.2 Å². The zero-order valence-electron chi connectivity index (χ0n) is 16.4. The lowest BCUT2D eigenvalue weighted by molar-refractivity contribution is 0.0526. The number of carbonyl (C=O) groups is 1. The number of carbonyl (C=O) groups excluding carboxylic acids is 1. The fraction of sp³-hybridized carbons (Fsp3) is 0.217. The van der Waals surface area contributed by atoms with Crippen LogP contribution in [-0.4, -0.2) is 24.3 Å². The van der Waals surface area contributed by atoms with Gasteiger partial charge in [-0.2, -0.15) is 0 Å². The number of aromatic nitrogens is 1. The Morgan fingerprint density at radius 2 is 1.75 bits per heavy atom. The number of methoxy groups -OCH3 is 1. The maximum Gasteiger partial charge on any atom is 0.340 e. The molecule has 2 aromatic carbocycles. The third-order valence-corrected chi connectivity index (χ3v) is 4.64. The largest absolute Gasteiger partial charge is 0.497 e. The van der Waals surface area contributed by atoms with Crippen molar-refractivity contribution in [1.29, 1.82) is 5.41 Å². The molecule has 0 radical (unpaired) electrons. The Balaban J connectivity index is 2.11. The van der Waals surface area contributed by atoms with E-state index in [1.165, 1.54) is 0 Å². The van der Waals surface area contributed by atoms with Gasteiger partial charge in [-0.3, -0.25) is 5.41 Å². The highest BCUT2D eigenvalue weighted by Gasteiger charge is 2.19. The maximum absolute atomic E-state index is 12.7. The van der Waals surface area contributed by atoms with Gasteiger partial charge in [0.1, 0.15) is 11.2 Å². The smallest absolute Gasteiger partial charge is 0.340 e. The molecule has 0 unspecified atom stereocenters. The van der Waals surface area contributed by atoms with Crippen LogP contribution in [-0.2, 0) is 11.3 Å². The molecular weight excluding hydrogens is 352 g/mol. The number of nitrogens with zero attached hydrogens (tertiary/aromatic N) is 1. The Morgan fingerprint density at radius 3 is 2.36 bits per heavy atom. The minimum atomic E-state index is -0.382. The summed E-state index contributed by atoms with van der Waals surface area (Å²) in [5.41, 5.74) is 4.23. The number of ether oxygens (including phenoxy) is 2. The van der Waals surface area contributed by atoms with Gasteiger partial charge in [-0.25, -0.2) is 4.79 Å². The highest BCUT2D eigenvalue weighted by atomic mass is 16.5. The second-order valence-corrected chi connectivity index (χ2v) is 6.45. The van der Waals surface area contributed by atoms with Crippen LogP contribution >= 0.6 is 0 Å². The van der Waals surface area contributed by atoms with E-state index in [1.54, 1.807) is 24.8 Å². The minimum absolute atomic E-state index is 0.299. The molecule has 0 aliphatic heterocycles. The van der Waals surface area contributed by atoms with E-state index >= 15 is 0 Å². The molecular formula is C23H24N2O3. The quantitative estimate of drug-likeness (QED) is 0.657. The number of nitrogens with one attached hydrogen (secondary N) is 1. The van der Waals surface area contributed by atoms with Crippen molar-refractivity contribution in [2.24, 2.45) is 0 Å². The van der Waals surface area contributed by atoms with Crippen LogP contribution in [0.2, 0.25) is 0 Å². The van der Waals surface area contributed by atoms with Gasteiger partial charge in [-0.15, -0.1) is 0 Å². The highest BCUT2D eigenvalue weighted by Crippen LogP contribution is 2.26. The molecule has 5 nitrogen and oxygen atoms in total. The monoisotopic (exact) mass is 376 g/mol. The predicted molar refractivity (Wildman–Crippen MR) is 109 cm³/mol. The number of rotatable bonds is 6. The first-order valence-corrected chi connectivity index (χ1v) is 9.19. The van der Waals surface area contributed by atoms with Gasteiger partial charge in [0, 0.05) is 23.9 Å². The lowest BCUT2D eigenvalue weighted by atomic mass is 9.96. The molecule has 0 saturated heterocycles. The number of hydrogen-bond donors (Lipinski definition) is 1. The van der Waals surface area contributed by atoms with Crippen molar-refractivity contribution in [1.82, 2.24) is 4.57 Å². The second kappa shape index (κ2) is 8.57. The van der Waals surface area contributed by atoms with Crippen molar-refractivity contribution in [3.05, 3.63) is 83.0 Å². The molecule has 0 saturated carbocycles. The summed E-state index contributed by atoms with van der Waals surface area (Å²) in [4.78, 5) is 12.7. The summed E-state index contributed by atoms with van der Waals surface area (Å²) in [6.07, 6.45) is 1.72. The molecule has 0 aliphatic rings. The Morgan fingerprint density at radius 1 is 1.07 bits per heavy atom. The molecule has 5 heteroatoms. The molecule has 3 aromatic rings. The molecule has 0 fully saturated rings. The lowest BCUT2D eigenvalue weighted by Gasteiger charge is -2.17. The first kappa shape index (κ1) is 19.4. The normalized spacial score (nSPS) is 10.5. The van der Waals surface area contributed by atoms with Crippen molar-refractivity contribution in [3.8, 4) is 16.9 Å². The average molecular weight is 376 g/mol. The second-order valence-electron chi connectivity index (χ2n) is 6.45. The summed E-state index contributed by atoms with van der Waals surface area (Å²) in [6, 6.07) is 17.3. The Labute approximate surface area is 164 Å². The van der Waals surface area contributed by atoms with Gasteiger partial charge in [-0.1, -0.05) is 42.5 Å². The first-order chi connectivity index (χ1) is 13.5. The standard InChI is InChI=1S/C23H24N2O3/c1-4-28-23(26)20-15-25(14-17-10-12-19(27-3)13-11-17)22(24)16(2)21(20)18-8-6-5-7-9-18/h5-13,15,24H,4,14H2,1-3H3. The van der Waals surface area contributed by atoms with Crippen molar-refractivity contribution >= 4 is 5.97 Å². The molecule has 1 aromatic heterocycles. The van der Waals surface area contributed by atoms with E-state index in [2.05, 4.69) is 0 Å². The summed E-state index contributed by atoms with van der Waals surface area (Å²) >= 11 is 0. The molecule has 0 bridgehead atoms. The molecule has 0 aliphatic carbocycles. The Hall–Kier alpha value is -3.34. The minimum Gasteiger partial charge on any atom is -0.497 e. The van der Waals surface area contributed by atoms with E-state index in [0.717, 1.165) is 28.0 Å². The van der Waals surface area contributed by atoms with Crippen molar-refractivity contribution in [2.75, 3.05) is 13.7 Å². The third kappa shape index (κ3) is 3.98. The van der Waals surface area contributed by atoms with E-state index in [1.807, 2.05) is 61.5 Å². The van der Waals surface area contributed by atoms with E-state index in [0.29, 0.717) is 24.2 Å². The van der Waals surface area contributed by atoms with Gasteiger partial charge in [0.05, 0.1) is 19.3 Å². The van der Waals surface area contributed by atoms with Gasteiger partial charge >= 0.3 is 5.97 Å². The molecule has 1 N–H and O–H groups in total. The number of pyridine rings is 1. The van der Waals surface area contributed by atoms with Crippen molar-refractivity contribution < 1.29 is 14.3 Å². The number of esters is 1. The van der Waals surface area contributed by atoms with Crippen LogP contribution in [0.4, 0.5) is 0 Å². The van der Waals surface area contributed by atoms with Crippen LogP contribution in [0, 0.1) is 12.3 Å². The van der Waals surface area contributed by atoms with Gasteiger partial charge in [-0.05, 0) is 37.1 Å². The van der Waals surface area contributed by atoms with Gasteiger partial charge in [0.25, 0.3) is 0 Å². The van der Waals surface area contributed by atoms with E-state index < -0.39 is 0 Å². The Bertz CT molecular complexity index is 1020. The fourth-order valence-electron chi connectivity index (χ4n) is 3.21. The zero-order chi connectivity index (χ0) is 20.1. The molecule has 0 spiro atoms. The van der Waals surface area contributed by atoms with Crippen LogP contribution in [0.5, 0.6) is 5.75 Å². The van der Waals surface area contributed by atoms with Crippen LogP contribution in [0.15, 0.2) is 60.8 Å². The van der Waals surface area contributed by atoms with Crippen LogP contribution in [0.1, 0.15) is 28.4 Å². The third-order valence-electron chi connectivity index (χ3n) is 4.64. The topological polar surface area (TPSA) is 64.3 Å². The van der Waals surface area contributed by atoms with Gasteiger partial charge in [0.15, 0.2) is 0 Å². The van der Waals surface area contributed by atoms with E-state index in [9.17, 15) is 4.79 Å². The van der Waals surface area contributed by atoms with Gasteiger partial charge < -0.3 is 14.0 Å². The molecule has 0 amide bonds. The van der Waals surface area contributed by atoms with Crippen LogP contribution in [0.3, 0.4) is 0 Å². The highest BCUT2D eigenvalue weighted by molar-refractivity contribution is 5.97. The molecule has 1 heterocycles. The van der Waals surface area contributed by atoms with E-state index in [-0.39, 0.29) is 5.97 Å². The van der Waals surface area contributed by atoms with Crippen molar-refractivity contribution in [2.45, 2.75) is 20.4 Å². The van der Waals surface area contributed by atoms with Crippen LogP contribution in [0.25, 0.3) is 11.1 Å². The summed E-state index contributed by atoms with van der Waals surface area (Å²) in [5.74, 6) is 0.399. The Kier molecular flexibility index (Phi) is 5.94. The SMILES string of the molecule is CCOC(=O)c1cn(Cc2ccc(OC)cc2)c(=N)c(C)c1-c1ccccc1. The van der Waals surface area contributed by atoms with E-state index in [4.69, 9.17) is 14.9 Å². The number of benzene rings is 2. The molecule has 144 valence electrons. The summed E-state index contributed by atoms with van der Waals surface area (Å²) in [6.45, 7) is 4.44. The summed E-state index contributed by atoms with van der Waals surface area (Å²) < 4.78 is 12.3. The predicted octanol–water partition coefficient (Wildman–Crippen LogP) is 4.18. The first-order valence-electron chi connectivity index (χ1n) is 9.19. The van der Waals surface area contributed by atoms with Gasteiger partial charge in [0.2, 0.25) is 0 Å². The fourth-order valence-corrected chi connectivity index (χ4v) is 3.21. The average Bonchev–Trinajstić information content (AvgIpc) is 2.72. The lowest BCUT2D eigenvalue weighted by Crippen LogP contribution is -2.26. The molecule has 28 heavy (non-hydrogen) atoms. The van der Waals surface area contributed by atoms with Crippen molar-refractivity contribution in [3.63, 3.8) is 0 Å². The summed E-state index contributed by atoms with van der Waals surface area (Å²) in [7, 11) is 1.63.